The topological polar surface area (TPSA) is 21.3 Å². The summed E-state index contributed by atoms with van der Waals surface area (Å²) in [7, 11) is 0. The summed E-state index contributed by atoms with van der Waals surface area (Å²) in [5.74, 6) is 0.918. The highest BCUT2D eigenvalue weighted by atomic mass is 16.5. The Morgan fingerprint density at radius 3 is 2.53 bits per heavy atom. The zero-order chi connectivity index (χ0) is 13.5. The Bertz CT molecular complexity index is 348. The average Bonchev–Trinajstić information content (AvgIpc) is 3.26. The maximum atomic E-state index is 6.05. The van der Waals surface area contributed by atoms with Gasteiger partial charge < -0.3 is 10.1 Å². The molecule has 0 aliphatic heterocycles. The van der Waals surface area contributed by atoms with Gasteiger partial charge in [-0.2, -0.15) is 0 Å². The molecule has 1 aliphatic carbocycles. The van der Waals surface area contributed by atoms with Crippen molar-refractivity contribution < 1.29 is 4.74 Å². The predicted molar refractivity (Wildman–Crippen MR) is 80.2 cm³/mol. The maximum absolute atomic E-state index is 6.05. The Morgan fingerprint density at radius 1 is 1.21 bits per heavy atom. The van der Waals surface area contributed by atoms with Gasteiger partial charge >= 0.3 is 0 Å². The van der Waals surface area contributed by atoms with Crippen molar-refractivity contribution in [3.8, 4) is 0 Å². The number of hydrogen-bond acceptors (Lipinski definition) is 2. The van der Waals surface area contributed by atoms with Crippen LogP contribution in [-0.2, 0) is 4.74 Å². The predicted octanol–water partition coefficient (Wildman–Crippen LogP) is 3.93. The van der Waals surface area contributed by atoms with Gasteiger partial charge in [0.15, 0.2) is 0 Å². The Labute approximate surface area is 117 Å². The molecule has 0 aromatic heterocycles. The molecule has 0 heterocycles. The molecule has 2 heteroatoms. The lowest BCUT2D eigenvalue weighted by Gasteiger charge is -2.28. The number of ether oxygens (including phenoxy) is 1. The van der Waals surface area contributed by atoms with Crippen molar-refractivity contribution in [1.82, 2.24) is 5.32 Å². The lowest BCUT2D eigenvalue weighted by Crippen LogP contribution is -2.37. The van der Waals surface area contributed by atoms with Crippen LogP contribution in [-0.4, -0.2) is 19.2 Å². The standard InChI is InChI=1S/C17H27NO/c1-3-12-18-16(13-14-10-11-14)17(19-4-2)15-8-6-5-7-9-15/h5-9,14,16-18H,3-4,10-13H2,1-2H3. The van der Waals surface area contributed by atoms with E-state index in [2.05, 4.69) is 49.5 Å². The first kappa shape index (κ1) is 14.5. The fourth-order valence-corrected chi connectivity index (χ4v) is 2.62. The smallest absolute Gasteiger partial charge is 0.0977 e. The highest BCUT2D eigenvalue weighted by Crippen LogP contribution is 2.37. The van der Waals surface area contributed by atoms with Crippen LogP contribution >= 0.6 is 0 Å². The van der Waals surface area contributed by atoms with Crippen LogP contribution < -0.4 is 5.32 Å². The van der Waals surface area contributed by atoms with Crippen molar-refractivity contribution in [2.45, 2.75) is 51.7 Å². The molecule has 0 amide bonds. The second-order valence-electron chi connectivity index (χ2n) is 5.53. The zero-order valence-electron chi connectivity index (χ0n) is 12.3. The van der Waals surface area contributed by atoms with Gasteiger partial charge in [0.25, 0.3) is 0 Å². The summed E-state index contributed by atoms with van der Waals surface area (Å²) in [5.41, 5.74) is 1.30. The summed E-state index contributed by atoms with van der Waals surface area (Å²) in [5, 5.41) is 3.70. The van der Waals surface area contributed by atoms with Crippen molar-refractivity contribution in [2.75, 3.05) is 13.2 Å². The number of benzene rings is 1. The molecule has 0 bridgehead atoms. The largest absolute Gasteiger partial charge is 0.372 e. The minimum atomic E-state index is 0.193. The van der Waals surface area contributed by atoms with E-state index in [9.17, 15) is 0 Å². The van der Waals surface area contributed by atoms with Crippen LogP contribution in [0.5, 0.6) is 0 Å². The summed E-state index contributed by atoms with van der Waals surface area (Å²) in [6.45, 7) is 6.16. The first-order valence-corrected chi connectivity index (χ1v) is 7.75. The molecular formula is C17H27NO. The van der Waals surface area contributed by atoms with E-state index in [-0.39, 0.29) is 6.10 Å². The Kier molecular flexibility index (Phi) is 5.87. The normalized spacial score (nSPS) is 18.2. The Morgan fingerprint density at radius 2 is 1.95 bits per heavy atom. The van der Waals surface area contributed by atoms with Gasteiger partial charge in [-0.25, -0.2) is 0 Å². The molecule has 0 saturated heterocycles. The van der Waals surface area contributed by atoms with Crippen molar-refractivity contribution in [1.29, 1.82) is 0 Å². The number of hydrogen-bond donors (Lipinski definition) is 1. The summed E-state index contributed by atoms with van der Waals surface area (Å²) < 4.78 is 6.05. The van der Waals surface area contributed by atoms with E-state index < -0.39 is 0 Å². The molecule has 1 fully saturated rings. The average molecular weight is 261 g/mol. The molecule has 2 unspecified atom stereocenters. The van der Waals surface area contributed by atoms with E-state index in [1.54, 1.807) is 0 Å². The number of rotatable bonds is 9. The summed E-state index contributed by atoms with van der Waals surface area (Å²) in [4.78, 5) is 0. The van der Waals surface area contributed by atoms with Gasteiger partial charge in [-0.15, -0.1) is 0 Å². The van der Waals surface area contributed by atoms with Gasteiger partial charge in [0.1, 0.15) is 0 Å². The van der Waals surface area contributed by atoms with Gasteiger partial charge in [-0.1, -0.05) is 50.1 Å². The molecule has 2 atom stereocenters. The van der Waals surface area contributed by atoms with E-state index in [1.807, 2.05) is 0 Å². The quantitative estimate of drug-likeness (QED) is 0.727. The lowest BCUT2D eigenvalue weighted by atomic mass is 9.97. The van der Waals surface area contributed by atoms with Crippen LogP contribution in [0.1, 0.15) is 51.2 Å². The summed E-state index contributed by atoms with van der Waals surface area (Å²) in [6, 6.07) is 11.1. The summed E-state index contributed by atoms with van der Waals surface area (Å²) >= 11 is 0. The van der Waals surface area contributed by atoms with Crippen molar-refractivity contribution in [3.63, 3.8) is 0 Å². The van der Waals surface area contributed by atoms with Crippen LogP contribution in [0, 0.1) is 5.92 Å². The van der Waals surface area contributed by atoms with Gasteiger partial charge in [0.05, 0.1) is 6.10 Å². The third kappa shape index (κ3) is 4.63. The Hall–Kier alpha value is -0.860. The van der Waals surface area contributed by atoms with Crippen LogP contribution in [0.2, 0.25) is 0 Å². The van der Waals surface area contributed by atoms with E-state index in [4.69, 9.17) is 4.74 Å². The summed E-state index contributed by atoms with van der Waals surface area (Å²) in [6.07, 6.45) is 5.42. The highest BCUT2D eigenvalue weighted by Gasteiger charge is 2.30. The van der Waals surface area contributed by atoms with E-state index in [1.165, 1.54) is 31.2 Å². The molecule has 2 nitrogen and oxygen atoms in total. The monoisotopic (exact) mass is 261 g/mol. The van der Waals surface area contributed by atoms with E-state index >= 15 is 0 Å². The third-order valence-corrected chi connectivity index (χ3v) is 3.78. The zero-order valence-corrected chi connectivity index (χ0v) is 12.3. The van der Waals surface area contributed by atoms with Gasteiger partial charge in [-0.05, 0) is 37.8 Å². The molecule has 1 N–H and O–H groups in total. The van der Waals surface area contributed by atoms with Gasteiger partial charge in [-0.3, -0.25) is 0 Å². The van der Waals surface area contributed by atoms with Gasteiger partial charge in [0, 0.05) is 12.6 Å². The van der Waals surface area contributed by atoms with Crippen molar-refractivity contribution >= 4 is 0 Å². The number of nitrogens with one attached hydrogen (secondary N) is 1. The van der Waals surface area contributed by atoms with Crippen molar-refractivity contribution in [3.05, 3.63) is 35.9 Å². The molecule has 1 saturated carbocycles. The lowest BCUT2D eigenvalue weighted by molar-refractivity contribution is 0.0294. The molecule has 1 aliphatic rings. The second-order valence-corrected chi connectivity index (χ2v) is 5.53. The van der Waals surface area contributed by atoms with Crippen LogP contribution in [0.15, 0.2) is 30.3 Å². The van der Waals surface area contributed by atoms with Crippen LogP contribution in [0.3, 0.4) is 0 Å². The maximum Gasteiger partial charge on any atom is 0.0977 e. The first-order chi connectivity index (χ1) is 9.35. The van der Waals surface area contributed by atoms with E-state index in [0.29, 0.717) is 6.04 Å². The molecule has 0 spiro atoms. The van der Waals surface area contributed by atoms with Crippen LogP contribution in [0.25, 0.3) is 0 Å². The molecule has 2 rings (SSSR count). The SMILES string of the molecule is CCCNC(CC1CC1)C(OCC)c1ccccc1. The van der Waals surface area contributed by atoms with Crippen molar-refractivity contribution in [2.24, 2.45) is 5.92 Å². The molecule has 0 radical (unpaired) electrons. The fourth-order valence-electron chi connectivity index (χ4n) is 2.62. The molecule has 19 heavy (non-hydrogen) atoms. The third-order valence-electron chi connectivity index (χ3n) is 3.78. The highest BCUT2D eigenvalue weighted by molar-refractivity contribution is 5.19. The molecule has 106 valence electrons. The minimum absolute atomic E-state index is 0.193. The molecule has 1 aromatic carbocycles. The Balaban J connectivity index is 2.07. The minimum Gasteiger partial charge on any atom is -0.372 e. The van der Waals surface area contributed by atoms with Gasteiger partial charge in [0.2, 0.25) is 0 Å². The second kappa shape index (κ2) is 7.66. The fraction of sp³-hybridized carbons (Fsp3) is 0.647. The first-order valence-electron chi connectivity index (χ1n) is 7.75. The van der Waals surface area contributed by atoms with E-state index in [0.717, 1.165) is 19.1 Å². The van der Waals surface area contributed by atoms with Crippen LogP contribution in [0.4, 0.5) is 0 Å². The molecule has 1 aromatic rings. The molecular weight excluding hydrogens is 234 g/mol.